The maximum Gasteiger partial charge on any atom is 0.261 e. The van der Waals surface area contributed by atoms with Crippen molar-refractivity contribution in [3.05, 3.63) is 54.1 Å². The van der Waals surface area contributed by atoms with Crippen LogP contribution in [0.4, 0.5) is 5.69 Å². The number of sulfonamides is 1. The maximum atomic E-state index is 12.6. The van der Waals surface area contributed by atoms with E-state index in [9.17, 15) is 13.2 Å². The first kappa shape index (κ1) is 19.3. The number of hydrogen-bond donors (Lipinski definition) is 1. The Hall–Kier alpha value is -1.99. The number of benzene rings is 2. The molecule has 0 unspecified atom stereocenters. The van der Waals surface area contributed by atoms with E-state index >= 15 is 0 Å². The molecule has 0 aliphatic heterocycles. The molecule has 0 aromatic heterocycles. The van der Waals surface area contributed by atoms with Crippen LogP contribution in [-0.2, 0) is 10.0 Å². The zero-order chi connectivity index (χ0) is 18.4. The number of nitrogens with one attached hydrogen (secondary N) is 1. The van der Waals surface area contributed by atoms with Crippen molar-refractivity contribution in [1.82, 2.24) is 4.90 Å². The predicted octanol–water partition coefficient (Wildman–Crippen LogP) is 3.69. The van der Waals surface area contributed by atoms with Crippen molar-refractivity contribution in [1.29, 1.82) is 0 Å². The van der Waals surface area contributed by atoms with Gasteiger partial charge in [0.25, 0.3) is 15.9 Å². The normalized spacial score (nSPS) is 11.2. The van der Waals surface area contributed by atoms with Gasteiger partial charge >= 0.3 is 0 Å². The second-order valence-corrected chi connectivity index (χ2v) is 7.87. The first-order valence-corrected chi connectivity index (χ1v) is 10.7. The summed E-state index contributed by atoms with van der Waals surface area (Å²) in [7, 11) is -3.76. The van der Waals surface area contributed by atoms with Crippen LogP contribution in [0, 0.1) is 0 Å². The van der Waals surface area contributed by atoms with Crippen LogP contribution in [0.25, 0.3) is 0 Å². The Morgan fingerprint density at radius 1 is 1.04 bits per heavy atom. The highest BCUT2D eigenvalue weighted by Crippen LogP contribution is 2.23. The summed E-state index contributed by atoms with van der Waals surface area (Å²) in [6.45, 7) is 4.90. The highest BCUT2D eigenvalue weighted by molar-refractivity contribution is 7.98. The standard InChI is InChI=1S/C18H22N2O3S2/c1-4-20(5-2)18(21)16-8-6-7-9-17(16)19-25(22,23)15-12-10-14(24-3)11-13-15/h6-13,19H,4-5H2,1-3H3. The van der Waals surface area contributed by atoms with E-state index in [4.69, 9.17) is 0 Å². The number of hydrogen-bond acceptors (Lipinski definition) is 4. The van der Waals surface area contributed by atoms with E-state index in [1.54, 1.807) is 65.2 Å². The Balaban J connectivity index is 2.34. The molecule has 2 aromatic carbocycles. The van der Waals surface area contributed by atoms with Gasteiger partial charge in [0.1, 0.15) is 0 Å². The molecule has 0 saturated heterocycles. The van der Waals surface area contributed by atoms with Crippen LogP contribution in [0.15, 0.2) is 58.3 Å². The number of nitrogens with zero attached hydrogens (tertiary/aromatic N) is 1. The van der Waals surface area contributed by atoms with Gasteiger partial charge < -0.3 is 4.90 Å². The Bertz CT molecular complexity index is 830. The van der Waals surface area contributed by atoms with Crippen LogP contribution in [0.2, 0.25) is 0 Å². The molecule has 1 N–H and O–H groups in total. The largest absolute Gasteiger partial charge is 0.339 e. The van der Waals surface area contributed by atoms with Crippen molar-refractivity contribution < 1.29 is 13.2 Å². The minimum absolute atomic E-state index is 0.162. The summed E-state index contributed by atoms with van der Waals surface area (Å²) in [5.41, 5.74) is 0.629. The van der Waals surface area contributed by atoms with Gasteiger partial charge in [0, 0.05) is 18.0 Å². The number of anilines is 1. The molecular weight excluding hydrogens is 356 g/mol. The van der Waals surface area contributed by atoms with Crippen LogP contribution in [0.5, 0.6) is 0 Å². The molecular formula is C18H22N2O3S2. The SMILES string of the molecule is CCN(CC)C(=O)c1ccccc1NS(=O)(=O)c1ccc(SC)cc1. The van der Waals surface area contributed by atoms with E-state index in [1.807, 2.05) is 20.1 Å². The molecule has 0 fully saturated rings. The molecule has 0 atom stereocenters. The summed E-state index contributed by atoms with van der Waals surface area (Å²) in [4.78, 5) is 15.4. The Labute approximate surface area is 153 Å². The molecule has 0 heterocycles. The fraction of sp³-hybridized carbons (Fsp3) is 0.278. The smallest absolute Gasteiger partial charge is 0.261 e. The van der Waals surface area contributed by atoms with Gasteiger partial charge in [-0.1, -0.05) is 12.1 Å². The topological polar surface area (TPSA) is 66.5 Å². The van der Waals surface area contributed by atoms with E-state index in [2.05, 4.69) is 4.72 Å². The summed E-state index contributed by atoms with van der Waals surface area (Å²) in [6, 6.07) is 13.3. The third-order valence-corrected chi connectivity index (χ3v) is 5.95. The second kappa shape index (κ2) is 8.40. The Kier molecular flexibility index (Phi) is 6.50. The first-order chi connectivity index (χ1) is 11.9. The van der Waals surface area contributed by atoms with Crippen molar-refractivity contribution in [3.8, 4) is 0 Å². The summed E-state index contributed by atoms with van der Waals surface area (Å²) in [5, 5.41) is 0. The van der Waals surface area contributed by atoms with Crippen LogP contribution in [-0.4, -0.2) is 38.6 Å². The summed E-state index contributed by atoms with van der Waals surface area (Å²) < 4.78 is 27.8. The highest BCUT2D eigenvalue weighted by Gasteiger charge is 2.20. The van der Waals surface area contributed by atoms with Crippen LogP contribution < -0.4 is 4.72 Å². The fourth-order valence-electron chi connectivity index (χ4n) is 2.40. The molecule has 25 heavy (non-hydrogen) atoms. The molecule has 1 amide bonds. The van der Waals surface area contributed by atoms with Crippen molar-refractivity contribution in [2.45, 2.75) is 23.6 Å². The van der Waals surface area contributed by atoms with E-state index in [-0.39, 0.29) is 16.5 Å². The number of carbonyl (C=O) groups excluding carboxylic acids is 1. The lowest BCUT2D eigenvalue weighted by atomic mass is 10.1. The van der Waals surface area contributed by atoms with E-state index in [0.29, 0.717) is 18.7 Å². The molecule has 2 aromatic rings. The van der Waals surface area contributed by atoms with Crippen LogP contribution >= 0.6 is 11.8 Å². The molecule has 5 nitrogen and oxygen atoms in total. The molecule has 0 radical (unpaired) electrons. The number of amides is 1. The van der Waals surface area contributed by atoms with Gasteiger partial charge in [-0.25, -0.2) is 8.42 Å². The average molecular weight is 379 g/mol. The number of para-hydroxylation sites is 1. The van der Waals surface area contributed by atoms with Crippen LogP contribution in [0.3, 0.4) is 0 Å². The first-order valence-electron chi connectivity index (χ1n) is 7.98. The maximum absolute atomic E-state index is 12.6. The predicted molar refractivity (Wildman–Crippen MR) is 103 cm³/mol. The molecule has 2 rings (SSSR count). The Morgan fingerprint density at radius 3 is 2.20 bits per heavy atom. The van der Waals surface area contributed by atoms with Gasteiger partial charge in [-0.2, -0.15) is 0 Å². The van der Waals surface area contributed by atoms with E-state index in [0.717, 1.165) is 4.90 Å². The van der Waals surface area contributed by atoms with Gasteiger partial charge in [-0.05, 0) is 56.5 Å². The minimum Gasteiger partial charge on any atom is -0.339 e. The monoisotopic (exact) mass is 378 g/mol. The third-order valence-electron chi connectivity index (χ3n) is 3.82. The van der Waals surface area contributed by atoms with Crippen molar-refractivity contribution in [3.63, 3.8) is 0 Å². The van der Waals surface area contributed by atoms with Crippen LogP contribution in [0.1, 0.15) is 24.2 Å². The zero-order valence-corrected chi connectivity index (χ0v) is 16.2. The molecule has 134 valence electrons. The molecule has 0 spiro atoms. The van der Waals surface area contributed by atoms with Crippen molar-refractivity contribution in [2.75, 3.05) is 24.1 Å². The second-order valence-electron chi connectivity index (χ2n) is 5.30. The number of rotatable bonds is 7. The Morgan fingerprint density at radius 2 is 1.64 bits per heavy atom. The van der Waals surface area contributed by atoms with Crippen molar-refractivity contribution >= 4 is 33.4 Å². The lowest BCUT2D eigenvalue weighted by molar-refractivity contribution is 0.0774. The van der Waals surface area contributed by atoms with E-state index in [1.165, 1.54) is 0 Å². The quantitative estimate of drug-likeness (QED) is 0.746. The highest BCUT2D eigenvalue weighted by atomic mass is 32.2. The summed E-state index contributed by atoms with van der Waals surface area (Å²) in [5.74, 6) is -0.193. The summed E-state index contributed by atoms with van der Waals surface area (Å²) in [6.07, 6.45) is 1.93. The lowest BCUT2D eigenvalue weighted by Crippen LogP contribution is -2.31. The van der Waals surface area contributed by atoms with Gasteiger partial charge in [0.15, 0.2) is 0 Å². The number of carbonyl (C=O) groups is 1. The average Bonchev–Trinajstić information content (AvgIpc) is 2.63. The molecule has 0 saturated carbocycles. The minimum atomic E-state index is -3.76. The van der Waals surface area contributed by atoms with Gasteiger partial charge in [0.05, 0.1) is 16.1 Å². The number of thioether (sulfide) groups is 1. The lowest BCUT2D eigenvalue weighted by Gasteiger charge is -2.20. The molecule has 0 aliphatic rings. The fourth-order valence-corrected chi connectivity index (χ4v) is 3.89. The van der Waals surface area contributed by atoms with Gasteiger partial charge in [-0.15, -0.1) is 11.8 Å². The third kappa shape index (κ3) is 4.55. The molecule has 0 aliphatic carbocycles. The molecule has 7 heteroatoms. The zero-order valence-electron chi connectivity index (χ0n) is 14.5. The molecule has 0 bridgehead atoms. The van der Waals surface area contributed by atoms with E-state index < -0.39 is 10.0 Å². The van der Waals surface area contributed by atoms with Crippen molar-refractivity contribution in [2.24, 2.45) is 0 Å². The summed E-state index contributed by atoms with van der Waals surface area (Å²) >= 11 is 1.54. The van der Waals surface area contributed by atoms with Gasteiger partial charge in [-0.3, -0.25) is 9.52 Å². The van der Waals surface area contributed by atoms with Gasteiger partial charge in [0.2, 0.25) is 0 Å².